The Balaban J connectivity index is 1.64. The van der Waals surface area contributed by atoms with Crippen LogP contribution in [0.3, 0.4) is 0 Å². The van der Waals surface area contributed by atoms with Crippen molar-refractivity contribution in [1.82, 2.24) is 0 Å². The first-order valence-electron chi connectivity index (χ1n) is 7.59. The summed E-state index contributed by atoms with van der Waals surface area (Å²) in [6.45, 7) is 0. The molecular weight excluding hydrogens is 336 g/mol. The monoisotopic (exact) mass is 348 g/mol. The van der Waals surface area contributed by atoms with Crippen LogP contribution in [-0.2, 0) is 0 Å². The third-order valence-corrected chi connectivity index (χ3v) is 5.75. The van der Waals surface area contributed by atoms with Crippen molar-refractivity contribution < 1.29 is 8.83 Å². The van der Waals surface area contributed by atoms with Gasteiger partial charge in [0.2, 0.25) is 0 Å². The van der Waals surface area contributed by atoms with Crippen LogP contribution in [0.2, 0.25) is 0 Å². The van der Waals surface area contributed by atoms with E-state index >= 15 is 0 Å². The van der Waals surface area contributed by atoms with Gasteiger partial charge in [0, 0.05) is 21.9 Å². The number of benzene rings is 2. The zero-order chi connectivity index (χ0) is 15.9. The van der Waals surface area contributed by atoms with Crippen molar-refractivity contribution in [2.45, 2.75) is 0 Å². The summed E-state index contributed by atoms with van der Waals surface area (Å²) in [5, 5.41) is 6.48. The third kappa shape index (κ3) is 2.30. The molecule has 1 aliphatic rings. The average molecular weight is 348 g/mol. The van der Waals surface area contributed by atoms with E-state index in [4.69, 9.17) is 8.83 Å². The number of hydrogen-bond donors (Lipinski definition) is 0. The van der Waals surface area contributed by atoms with Crippen LogP contribution < -0.4 is 0 Å². The summed E-state index contributed by atoms with van der Waals surface area (Å²) in [6.07, 6.45) is 0. The molecule has 0 amide bonds. The first kappa shape index (κ1) is 14.1. The molecule has 0 saturated heterocycles. The van der Waals surface area contributed by atoms with Gasteiger partial charge >= 0.3 is 0 Å². The highest BCUT2D eigenvalue weighted by molar-refractivity contribution is 8.79. The second-order valence-corrected chi connectivity index (χ2v) is 7.56. The lowest BCUT2D eigenvalue weighted by Gasteiger charge is -2.11. The SMILES string of the molecule is C1=C(c2cc3ccccc3o2)C(c2cc3ccccc3o2)=CSS1. The van der Waals surface area contributed by atoms with E-state index in [1.807, 2.05) is 36.4 Å². The van der Waals surface area contributed by atoms with Crippen LogP contribution in [0.25, 0.3) is 33.1 Å². The smallest absolute Gasteiger partial charge is 0.136 e. The number of furan rings is 2. The van der Waals surface area contributed by atoms with E-state index in [9.17, 15) is 0 Å². The predicted octanol–water partition coefficient (Wildman–Crippen LogP) is 6.96. The van der Waals surface area contributed by atoms with Crippen LogP contribution in [0.15, 0.2) is 80.3 Å². The topological polar surface area (TPSA) is 26.3 Å². The van der Waals surface area contributed by atoms with E-state index in [0.717, 1.165) is 44.6 Å². The highest BCUT2D eigenvalue weighted by atomic mass is 33.1. The van der Waals surface area contributed by atoms with Crippen LogP contribution in [0.4, 0.5) is 0 Å². The normalized spacial score (nSPS) is 14.8. The maximum absolute atomic E-state index is 6.06. The van der Waals surface area contributed by atoms with Crippen molar-refractivity contribution >= 4 is 54.7 Å². The molecule has 0 atom stereocenters. The molecule has 24 heavy (non-hydrogen) atoms. The molecule has 2 aromatic heterocycles. The lowest BCUT2D eigenvalue weighted by molar-refractivity contribution is 0.593. The molecule has 4 heteroatoms. The Morgan fingerprint density at radius 1 is 0.583 bits per heavy atom. The molecule has 0 spiro atoms. The summed E-state index contributed by atoms with van der Waals surface area (Å²) in [5.41, 5.74) is 3.93. The van der Waals surface area contributed by atoms with E-state index in [1.54, 1.807) is 21.6 Å². The molecule has 0 saturated carbocycles. The molecule has 0 bridgehead atoms. The second kappa shape index (κ2) is 5.65. The molecule has 2 nitrogen and oxygen atoms in total. The largest absolute Gasteiger partial charge is 0.456 e. The van der Waals surface area contributed by atoms with Gasteiger partial charge in [0.15, 0.2) is 0 Å². The highest BCUT2D eigenvalue weighted by Gasteiger charge is 2.20. The van der Waals surface area contributed by atoms with Crippen molar-refractivity contribution in [3.8, 4) is 0 Å². The number of hydrogen-bond acceptors (Lipinski definition) is 4. The number of allylic oxidation sites excluding steroid dienone is 2. The summed E-state index contributed by atoms with van der Waals surface area (Å²) in [6, 6.07) is 20.3. The summed E-state index contributed by atoms with van der Waals surface area (Å²) in [7, 11) is 3.38. The first-order valence-corrected chi connectivity index (χ1v) is 9.87. The number of rotatable bonds is 2. The predicted molar refractivity (Wildman–Crippen MR) is 104 cm³/mol. The Hall–Kier alpha value is -2.30. The molecule has 4 aromatic rings. The summed E-state index contributed by atoms with van der Waals surface area (Å²) in [4.78, 5) is 0. The maximum atomic E-state index is 6.06. The van der Waals surface area contributed by atoms with Crippen LogP contribution in [0.5, 0.6) is 0 Å². The van der Waals surface area contributed by atoms with E-state index in [1.165, 1.54) is 0 Å². The van der Waals surface area contributed by atoms with Crippen molar-refractivity contribution in [3.05, 3.63) is 83.0 Å². The third-order valence-electron chi connectivity index (χ3n) is 4.06. The van der Waals surface area contributed by atoms with Gasteiger partial charge in [-0.3, -0.25) is 0 Å². The van der Waals surface area contributed by atoms with Gasteiger partial charge in [0.25, 0.3) is 0 Å². The van der Waals surface area contributed by atoms with Crippen LogP contribution >= 0.6 is 21.6 Å². The standard InChI is InChI=1S/C20H12O2S2/c1-3-7-17-13(5-1)9-19(21-17)15-11-23-24-12-16(15)20-10-14-6-2-4-8-18(14)22-20/h1-12H. The Labute approximate surface area is 146 Å². The van der Waals surface area contributed by atoms with E-state index in [0.29, 0.717) is 0 Å². The lowest BCUT2D eigenvalue weighted by atomic mass is 10.0. The van der Waals surface area contributed by atoms with Crippen LogP contribution in [0, 0.1) is 0 Å². The minimum Gasteiger partial charge on any atom is -0.456 e. The Morgan fingerprint density at radius 2 is 1.04 bits per heavy atom. The summed E-state index contributed by atoms with van der Waals surface area (Å²) < 4.78 is 12.1. The zero-order valence-electron chi connectivity index (χ0n) is 12.6. The van der Waals surface area contributed by atoms with E-state index < -0.39 is 0 Å². The lowest BCUT2D eigenvalue weighted by Crippen LogP contribution is -1.88. The summed E-state index contributed by atoms with van der Waals surface area (Å²) >= 11 is 0. The van der Waals surface area contributed by atoms with Crippen LogP contribution in [0.1, 0.15) is 11.5 Å². The molecular formula is C20H12O2S2. The minimum absolute atomic E-state index is 0.871. The fourth-order valence-electron chi connectivity index (χ4n) is 2.89. The molecule has 5 rings (SSSR count). The first-order chi connectivity index (χ1) is 11.9. The molecule has 3 heterocycles. The van der Waals surface area contributed by atoms with Gasteiger partial charge in [0.05, 0.1) is 0 Å². The van der Waals surface area contributed by atoms with Gasteiger partial charge in [-0.25, -0.2) is 0 Å². The van der Waals surface area contributed by atoms with Gasteiger partial charge in [-0.15, -0.1) is 0 Å². The number of para-hydroxylation sites is 2. The van der Waals surface area contributed by atoms with Gasteiger partial charge in [-0.1, -0.05) is 58.0 Å². The second-order valence-electron chi connectivity index (χ2n) is 5.55. The Kier molecular flexibility index (Phi) is 3.32. The fourth-order valence-corrected chi connectivity index (χ4v) is 4.59. The van der Waals surface area contributed by atoms with Gasteiger partial charge < -0.3 is 8.83 Å². The molecule has 0 radical (unpaired) electrons. The molecule has 1 aliphatic heterocycles. The molecule has 0 fully saturated rings. The van der Waals surface area contributed by atoms with Crippen molar-refractivity contribution in [2.24, 2.45) is 0 Å². The van der Waals surface area contributed by atoms with Crippen molar-refractivity contribution in [3.63, 3.8) is 0 Å². The Morgan fingerprint density at radius 3 is 1.50 bits per heavy atom. The average Bonchev–Trinajstić information content (AvgIpc) is 3.25. The van der Waals surface area contributed by atoms with Crippen molar-refractivity contribution in [2.75, 3.05) is 0 Å². The van der Waals surface area contributed by atoms with Gasteiger partial charge in [0.1, 0.15) is 22.7 Å². The van der Waals surface area contributed by atoms with Gasteiger partial charge in [-0.2, -0.15) is 0 Å². The van der Waals surface area contributed by atoms with E-state index in [-0.39, 0.29) is 0 Å². The summed E-state index contributed by atoms with van der Waals surface area (Å²) in [5.74, 6) is 1.74. The minimum atomic E-state index is 0.871. The Bertz CT molecular complexity index is 959. The highest BCUT2D eigenvalue weighted by Crippen LogP contribution is 2.45. The maximum Gasteiger partial charge on any atom is 0.136 e. The molecule has 116 valence electrons. The van der Waals surface area contributed by atoms with E-state index in [2.05, 4.69) is 35.1 Å². The van der Waals surface area contributed by atoms with Crippen LogP contribution in [-0.4, -0.2) is 0 Å². The molecule has 0 aliphatic carbocycles. The molecule has 0 unspecified atom stereocenters. The molecule has 2 aromatic carbocycles. The fraction of sp³-hybridized carbons (Fsp3) is 0. The number of fused-ring (bicyclic) bond motifs is 2. The molecule has 0 N–H and O–H groups in total. The van der Waals surface area contributed by atoms with Gasteiger partial charge in [-0.05, 0) is 35.1 Å². The van der Waals surface area contributed by atoms with Crippen molar-refractivity contribution in [1.29, 1.82) is 0 Å². The quantitative estimate of drug-likeness (QED) is 0.366. The zero-order valence-corrected chi connectivity index (χ0v) is 14.2.